The molecule has 30 heavy (non-hydrogen) atoms. The molecule has 0 bridgehead atoms. The molecule has 0 radical (unpaired) electrons. The van der Waals surface area contributed by atoms with Gasteiger partial charge in [0, 0.05) is 23.7 Å². The van der Waals surface area contributed by atoms with Crippen molar-refractivity contribution in [3.8, 4) is 11.5 Å². The van der Waals surface area contributed by atoms with Gasteiger partial charge in [-0.2, -0.15) is 0 Å². The first kappa shape index (κ1) is 21.9. The predicted octanol–water partition coefficient (Wildman–Crippen LogP) is 4.82. The Hall–Kier alpha value is -2.80. The maximum Gasteiger partial charge on any atom is 0.255 e. The zero-order valence-corrected chi connectivity index (χ0v) is 18.5. The third kappa shape index (κ3) is 5.42. The largest absolute Gasteiger partial charge is 0.494 e. The van der Waals surface area contributed by atoms with Crippen molar-refractivity contribution in [2.75, 3.05) is 24.9 Å². The van der Waals surface area contributed by atoms with E-state index in [2.05, 4.69) is 22.9 Å². The van der Waals surface area contributed by atoms with Crippen LogP contribution in [-0.2, 0) is 0 Å². The van der Waals surface area contributed by atoms with Crippen molar-refractivity contribution in [2.45, 2.75) is 38.6 Å². The van der Waals surface area contributed by atoms with Gasteiger partial charge >= 0.3 is 0 Å². The Kier molecular flexibility index (Phi) is 7.52. The lowest BCUT2D eigenvalue weighted by atomic mass is 9.86. The molecular formula is C23H29N3O3S. The zero-order chi connectivity index (χ0) is 21.5. The van der Waals surface area contributed by atoms with Gasteiger partial charge in [-0.05, 0) is 43.1 Å². The summed E-state index contributed by atoms with van der Waals surface area (Å²) in [5, 5.41) is 10.1. The summed E-state index contributed by atoms with van der Waals surface area (Å²) in [5.41, 5.74) is 1.76. The van der Waals surface area contributed by atoms with Gasteiger partial charge in [0.2, 0.25) is 0 Å². The van der Waals surface area contributed by atoms with Gasteiger partial charge < -0.3 is 25.4 Å². The van der Waals surface area contributed by atoms with Crippen molar-refractivity contribution in [2.24, 2.45) is 5.92 Å². The molecular weight excluding hydrogens is 398 g/mol. The molecule has 2 aromatic carbocycles. The maximum atomic E-state index is 12.5. The molecule has 2 aromatic rings. The Morgan fingerprint density at radius 3 is 2.17 bits per heavy atom. The number of hydrogen-bond donors (Lipinski definition) is 3. The van der Waals surface area contributed by atoms with Crippen LogP contribution in [0.1, 0.15) is 43.0 Å². The van der Waals surface area contributed by atoms with E-state index in [0.717, 1.165) is 6.42 Å². The molecule has 1 amide bonds. The number of rotatable bonds is 6. The van der Waals surface area contributed by atoms with Gasteiger partial charge in [-0.3, -0.25) is 4.79 Å². The van der Waals surface area contributed by atoms with Crippen LogP contribution in [0.5, 0.6) is 11.5 Å². The molecule has 3 rings (SSSR count). The van der Waals surface area contributed by atoms with Crippen molar-refractivity contribution in [3.05, 3.63) is 48.0 Å². The number of methoxy groups -OCH3 is 2. The Bertz CT molecular complexity index is 889. The van der Waals surface area contributed by atoms with Crippen LogP contribution in [0.3, 0.4) is 0 Å². The highest BCUT2D eigenvalue weighted by atomic mass is 32.1. The van der Waals surface area contributed by atoms with Gasteiger partial charge in [-0.15, -0.1) is 0 Å². The smallest absolute Gasteiger partial charge is 0.255 e. The van der Waals surface area contributed by atoms with Crippen molar-refractivity contribution in [1.82, 2.24) is 5.32 Å². The van der Waals surface area contributed by atoms with E-state index in [0.29, 0.717) is 45.5 Å². The number of nitrogens with one attached hydrogen (secondary N) is 3. The summed E-state index contributed by atoms with van der Waals surface area (Å²) in [6.07, 6.45) is 4.83. The van der Waals surface area contributed by atoms with Crippen molar-refractivity contribution in [1.29, 1.82) is 0 Å². The lowest BCUT2D eigenvalue weighted by Crippen LogP contribution is -2.43. The molecule has 0 spiro atoms. The Balaban J connectivity index is 1.75. The third-order valence-electron chi connectivity index (χ3n) is 5.48. The van der Waals surface area contributed by atoms with Crippen LogP contribution < -0.4 is 25.4 Å². The molecule has 7 heteroatoms. The molecule has 0 aromatic heterocycles. The second kappa shape index (κ2) is 10.3. The predicted molar refractivity (Wildman–Crippen MR) is 125 cm³/mol. The number of thiocarbonyl (C=S) groups is 1. The summed E-state index contributed by atoms with van der Waals surface area (Å²) < 4.78 is 11.0. The normalized spacial score (nSPS) is 18.2. The van der Waals surface area contributed by atoms with Crippen LogP contribution in [0.15, 0.2) is 42.5 Å². The second-order valence-electron chi connectivity index (χ2n) is 7.54. The summed E-state index contributed by atoms with van der Waals surface area (Å²) in [4.78, 5) is 12.5. The first-order chi connectivity index (χ1) is 14.5. The van der Waals surface area contributed by atoms with Gasteiger partial charge in [0.15, 0.2) is 5.11 Å². The fourth-order valence-electron chi connectivity index (χ4n) is 3.73. The number of hydrogen-bond acceptors (Lipinski definition) is 4. The van der Waals surface area contributed by atoms with Crippen LogP contribution in [0, 0.1) is 5.92 Å². The van der Waals surface area contributed by atoms with E-state index in [9.17, 15) is 4.79 Å². The molecule has 1 saturated carbocycles. The van der Waals surface area contributed by atoms with E-state index >= 15 is 0 Å². The number of carbonyl (C=O) groups is 1. The van der Waals surface area contributed by atoms with E-state index in [1.165, 1.54) is 19.3 Å². The minimum Gasteiger partial charge on any atom is -0.494 e. The van der Waals surface area contributed by atoms with Gasteiger partial charge in [0.05, 0.1) is 25.6 Å². The fourth-order valence-corrected chi connectivity index (χ4v) is 4.00. The molecule has 2 atom stereocenters. The molecule has 1 aliphatic carbocycles. The summed E-state index contributed by atoms with van der Waals surface area (Å²) >= 11 is 5.54. The van der Waals surface area contributed by atoms with E-state index in [1.54, 1.807) is 38.5 Å². The van der Waals surface area contributed by atoms with Gasteiger partial charge in [-0.25, -0.2) is 0 Å². The van der Waals surface area contributed by atoms with Crippen LogP contribution in [0.4, 0.5) is 11.4 Å². The highest BCUT2D eigenvalue weighted by Crippen LogP contribution is 2.36. The summed E-state index contributed by atoms with van der Waals surface area (Å²) in [7, 11) is 3.14. The Labute approximate surface area is 183 Å². The highest BCUT2D eigenvalue weighted by Gasteiger charge is 2.22. The highest BCUT2D eigenvalue weighted by molar-refractivity contribution is 7.80. The Morgan fingerprint density at radius 1 is 0.967 bits per heavy atom. The lowest BCUT2D eigenvalue weighted by molar-refractivity contribution is 0.102. The Morgan fingerprint density at radius 2 is 1.57 bits per heavy atom. The number of ether oxygens (including phenoxy) is 2. The SMILES string of the molecule is COc1cc(NC(=S)N[C@@H]2CCCC[C@H]2C)c(OC)cc1NC(=O)c1ccccc1. The molecule has 6 nitrogen and oxygen atoms in total. The monoisotopic (exact) mass is 427 g/mol. The fraction of sp³-hybridized carbons (Fsp3) is 0.391. The van der Waals surface area contributed by atoms with Crippen LogP contribution in [0.2, 0.25) is 0 Å². The van der Waals surface area contributed by atoms with Crippen LogP contribution >= 0.6 is 12.2 Å². The van der Waals surface area contributed by atoms with Gasteiger partial charge in [0.1, 0.15) is 11.5 Å². The first-order valence-electron chi connectivity index (χ1n) is 10.2. The molecule has 3 N–H and O–H groups in total. The van der Waals surface area contributed by atoms with E-state index in [1.807, 2.05) is 18.2 Å². The maximum absolute atomic E-state index is 12.5. The van der Waals surface area contributed by atoms with E-state index in [-0.39, 0.29) is 5.91 Å². The molecule has 0 aliphatic heterocycles. The molecule has 0 unspecified atom stereocenters. The third-order valence-corrected chi connectivity index (χ3v) is 5.70. The standard InChI is InChI=1S/C23H29N3O3S/c1-15-9-7-8-12-17(15)25-23(30)26-19-14-20(28-2)18(13-21(19)29-3)24-22(27)16-10-5-4-6-11-16/h4-6,10-11,13-15,17H,7-9,12H2,1-3H3,(H,24,27)(H2,25,26,30)/t15-,17-/m1/s1. The molecule has 1 aliphatic rings. The number of anilines is 2. The molecule has 1 fully saturated rings. The molecule has 0 heterocycles. The lowest BCUT2D eigenvalue weighted by Gasteiger charge is -2.30. The molecule has 0 saturated heterocycles. The number of benzene rings is 2. The van der Waals surface area contributed by atoms with Crippen molar-refractivity contribution in [3.63, 3.8) is 0 Å². The summed E-state index contributed by atoms with van der Waals surface area (Å²) in [6, 6.07) is 12.9. The molecule has 160 valence electrons. The minimum atomic E-state index is -0.222. The van der Waals surface area contributed by atoms with E-state index < -0.39 is 0 Å². The van der Waals surface area contributed by atoms with Crippen LogP contribution in [-0.4, -0.2) is 31.3 Å². The number of amides is 1. The average Bonchev–Trinajstić information content (AvgIpc) is 2.76. The zero-order valence-electron chi connectivity index (χ0n) is 17.7. The van der Waals surface area contributed by atoms with E-state index in [4.69, 9.17) is 21.7 Å². The summed E-state index contributed by atoms with van der Waals surface area (Å²) in [6.45, 7) is 2.26. The van der Waals surface area contributed by atoms with Gasteiger partial charge in [0.25, 0.3) is 5.91 Å². The topological polar surface area (TPSA) is 71.6 Å². The quantitative estimate of drug-likeness (QED) is 0.574. The van der Waals surface area contributed by atoms with Gasteiger partial charge in [-0.1, -0.05) is 38.0 Å². The first-order valence-corrected chi connectivity index (χ1v) is 10.6. The minimum absolute atomic E-state index is 0.222. The van der Waals surface area contributed by atoms with Crippen molar-refractivity contribution >= 4 is 34.6 Å². The second-order valence-corrected chi connectivity index (χ2v) is 7.95. The average molecular weight is 428 g/mol. The van der Waals surface area contributed by atoms with Crippen molar-refractivity contribution < 1.29 is 14.3 Å². The van der Waals surface area contributed by atoms with Crippen LogP contribution in [0.25, 0.3) is 0 Å². The summed E-state index contributed by atoms with van der Waals surface area (Å²) in [5.74, 6) is 1.43. The number of carbonyl (C=O) groups excluding carboxylic acids is 1.